The van der Waals surface area contributed by atoms with Gasteiger partial charge in [-0.2, -0.15) is 13.2 Å². The second kappa shape index (κ2) is 8.83. The minimum atomic E-state index is -5.37. The first-order chi connectivity index (χ1) is 16.0. The van der Waals surface area contributed by atoms with Crippen LogP contribution in [0.15, 0.2) is 70.8 Å². The highest BCUT2D eigenvalue weighted by atomic mass is 35.5. The van der Waals surface area contributed by atoms with Crippen molar-refractivity contribution >= 4 is 41.1 Å². The van der Waals surface area contributed by atoms with Crippen LogP contribution < -0.4 is 10.6 Å². The summed E-state index contributed by atoms with van der Waals surface area (Å²) in [6.07, 6.45) is -4.33. The van der Waals surface area contributed by atoms with Gasteiger partial charge in [-0.05, 0) is 24.3 Å². The minimum absolute atomic E-state index is 0.00127. The fraction of sp³-hybridized carbons (Fsp3) is 0.130. The van der Waals surface area contributed by atoms with Gasteiger partial charge in [-0.1, -0.05) is 59.6 Å². The van der Waals surface area contributed by atoms with Crippen LogP contribution in [0.25, 0.3) is 17.4 Å². The molecule has 2 aromatic carbocycles. The smallest absolute Gasteiger partial charge is 0.437 e. The second-order valence-corrected chi connectivity index (χ2v) is 8.19. The van der Waals surface area contributed by atoms with Crippen molar-refractivity contribution in [3.63, 3.8) is 0 Å². The van der Waals surface area contributed by atoms with E-state index >= 15 is 0 Å². The Balaban J connectivity index is 1.81. The summed E-state index contributed by atoms with van der Waals surface area (Å²) in [6, 6.07) is 13.5. The average molecular weight is 511 g/mol. The minimum Gasteiger partial charge on any atom is -0.457 e. The van der Waals surface area contributed by atoms with Crippen LogP contribution in [0.2, 0.25) is 10.0 Å². The quantitative estimate of drug-likeness (QED) is 0.395. The van der Waals surface area contributed by atoms with E-state index in [1.54, 1.807) is 24.3 Å². The van der Waals surface area contributed by atoms with Gasteiger partial charge in [0.1, 0.15) is 17.4 Å². The first-order valence-corrected chi connectivity index (χ1v) is 10.5. The first kappa shape index (κ1) is 23.9. The van der Waals surface area contributed by atoms with E-state index < -0.39 is 35.3 Å². The molecule has 2 amide bonds. The summed E-state index contributed by atoms with van der Waals surface area (Å²) in [5.41, 5.74) is -4.03. The zero-order valence-corrected chi connectivity index (χ0v) is 18.5. The molecule has 3 aromatic rings. The van der Waals surface area contributed by atoms with Gasteiger partial charge >= 0.3 is 12.2 Å². The lowest BCUT2D eigenvalue weighted by Gasteiger charge is -2.41. The third-order valence-electron chi connectivity index (χ3n) is 5.19. The normalized spacial score (nSPS) is 21.8. The van der Waals surface area contributed by atoms with E-state index in [0.29, 0.717) is 5.56 Å². The first-order valence-electron chi connectivity index (χ1n) is 9.74. The fourth-order valence-corrected chi connectivity index (χ4v) is 3.97. The van der Waals surface area contributed by atoms with E-state index in [9.17, 15) is 27.9 Å². The predicted octanol–water partition coefficient (Wildman–Crippen LogP) is 5.66. The Kier molecular flexibility index (Phi) is 6.20. The number of Topliss-reactive ketones (excluding diaryl/α,β-unsaturated/α-hetero) is 1. The van der Waals surface area contributed by atoms with Crippen molar-refractivity contribution in [3.05, 3.63) is 87.7 Å². The Morgan fingerprint density at radius 3 is 2.44 bits per heavy atom. The van der Waals surface area contributed by atoms with Crippen LogP contribution in [0.3, 0.4) is 0 Å². The highest BCUT2D eigenvalue weighted by Crippen LogP contribution is 2.41. The van der Waals surface area contributed by atoms with Crippen molar-refractivity contribution in [2.45, 2.75) is 11.9 Å². The molecule has 1 saturated heterocycles. The molecular weight excluding hydrogens is 496 g/mol. The Morgan fingerprint density at radius 1 is 1.06 bits per heavy atom. The molecule has 1 fully saturated rings. The van der Waals surface area contributed by atoms with Crippen LogP contribution in [0.5, 0.6) is 0 Å². The Hall–Kier alpha value is -3.27. The molecule has 11 heteroatoms. The number of urea groups is 1. The maximum atomic E-state index is 13.9. The topological polar surface area (TPSA) is 91.6 Å². The number of carbonyl (C=O) groups is 2. The molecular formula is C23H15Cl2F3N2O4. The van der Waals surface area contributed by atoms with E-state index in [-0.39, 0.29) is 27.1 Å². The molecule has 2 atom stereocenters. The van der Waals surface area contributed by atoms with Gasteiger partial charge in [0, 0.05) is 22.9 Å². The SMILES string of the molecule is O=C1N/C(=C\c2ccc(-c3cccc(Cl)c3Cl)o2)[C@H](C(=O)c2ccccc2)[C@@](O)(C(F)(F)F)N1. The zero-order chi connectivity index (χ0) is 24.7. The van der Waals surface area contributed by atoms with Gasteiger partial charge in [-0.3, -0.25) is 4.79 Å². The monoisotopic (exact) mass is 510 g/mol. The molecule has 0 spiro atoms. The van der Waals surface area contributed by atoms with Crippen molar-refractivity contribution in [2.75, 3.05) is 0 Å². The predicted molar refractivity (Wildman–Crippen MR) is 119 cm³/mol. The van der Waals surface area contributed by atoms with Crippen LogP contribution in [-0.2, 0) is 0 Å². The number of benzene rings is 2. The van der Waals surface area contributed by atoms with E-state index in [1.165, 1.54) is 41.7 Å². The molecule has 1 aliphatic rings. The van der Waals surface area contributed by atoms with Crippen LogP contribution in [0.4, 0.5) is 18.0 Å². The number of nitrogens with one attached hydrogen (secondary N) is 2. The van der Waals surface area contributed by atoms with Crippen molar-refractivity contribution in [3.8, 4) is 11.3 Å². The standard InChI is InChI=1S/C23H15Cl2F3N2O4/c24-15-8-4-7-14(19(15)25)17-10-9-13(34-17)11-16-18(20(31)12-5-2-1-3-6-12)22(33,23(26,27)28)30-21(32)29-16/h1-11,18,33H,(H2,29,30,32)/b16-11-/t18-,22-/m1/s1. The highest BCUT2D eigenvalue weighted by molar-refractivity contribution is 6.43. The fourth-order valence-electron chi connectivity index (χ4n) is 3.58. The molecule has 1 aromatic heterocycles. The molecule has 0 saturated carbocycles. The molecule has 3 N–H and O–H groups in total. The van der Waals surface area contributed by atoms with Crippen molar-refractivity contribution < 1.29 is 32.3 Å². The molecule has 0 aliphatic carbocycles. The van der Waals surface area contributed by atoms with Crippen molar-refractivity contribution in [2.24, 2.45) is 5.92 Å². The Labute approximate surface area is 201 Å². The summed E-state index contributed by atoms with van der Waals surface area (Å²) in [5.74, 6) is -3.06. The molecule has 4 rings (SSSR count). The average Bonchev–Trinajstić information content (AvgIpc) is 3.23. The third-order valence-corrected chi connectivity index (χ3v) is 6.00. The number of furan rings is 1. The lowest BCUT2D eigenvalue weighted by atomic mass is 9.82. The number of ketones is 1. The largest absolute Gasteiger partial charge is 0.457 e. The Morgan fingerprint density at radius 2 is 1.76 bits per heavy atom. The van der Waals surface area contributed by atoms with Gasteiger partial charge in [0.25, 0.3) is 5.72 Å². The van der Waals surface area contributed by atoms with Crippen molar-refractivity contribution in [1.29, 1.82) is 0 Å². The molecule has 0 bridgehead atoms. The zero-order valence-electron chi connectivity index (χ0n) is 17.0. The van der Waals surface area contributed by atoms with E-state index in [1.807, 2.05) is 0 Å². The molecule has 0 radical (unpaired) electrons. The lowest BCUT2D eigenvalue weighted by Crippen LogP contribution is -2.71. The number of rotatable bonds is 4. The van der Waals surface area contributed by atoms with Crippen LogP contribution in [0.1, 0.15) is 16.1 Å². The van der Waals surface area contributed by atoms with E-state index in [2.05, 4.69) is 5.32 Å². The van der Waals surface area contributed by atoms with Gasteiger partial charge in [-0.25, -0.2) is 4.79 Å². The summed E-state index contributed by atoms with van der Waals surface area (Å²) in [7, 11) is 0. The maximum absolute atomic E-state index is 13.9. The molecule has 1 aliphatic heterocycles. The van der Waals surface area contributed by atoms with Crippen LogP contribution >= 0.6 is 23.2 Å². The van der Waals surface area contributed by atoms with Gasteiger partial charge in [0.2, 0.25) is 0 Å². The second-order valence-electron chi connectivity index (χ2n) is 7.41. The molecule has 176 valence electrons. The number of aliphatic hydroxyl groups is 1. The molecule has 34 heavy (non-hydrogen) atoms. The van der Waals surface area contributed by atoms with Gasteiger partial charge in [-0.15, -0.1) is 0 Å². The molecule has 6 nitrogen and oxygen atoms in total. The summed E-state index contributed by atoms with van der Waals surface area (Å²) in [6.45, 7) is 0. The summed E-state index contributed by atoms with van der Waals surface area (Å²) in [5, 5.41) is 14.7. The van der Waals surface area contributed by atoms with Gasteiger partial charge in [0.05, 0.1) is 10.0 Å². The van der Waals surface area contributed by atoms with Gasteiger partial charge < -0.3 is 20.2 Å². The van der Waals surface area contributed by atoms with Gasteiger partial charge in [0.15, 0.2) is 5.78 Å². The Bertz CT molecular complexity index is 1290. The van der Waals surface area contributed by atoms with E-state index in [4.69, 9.17) is 27.6 Å². The summed E-state index contributed by atoms with van der Waals surface area (Å²) >= 11 is 12.2. The number of alkyl halides is 3. The molecule has 0 unspecified atom stereocenters. The highest BCUT2D eigenvalue weighted by Gasteiger charge is 2.65. The number of halogens is 5. The third kappa shape index (κ3) is 4.29. The van der Waals surface area contributed by atoms with Crippen LogP contribution in [0, 0.1) is 5.92 Å². The number of hydrogen-bond acceptors (Lipinski definition) is 4. The van der Waals surface area contributed by atoms with E-state index in [0.717, 1.165) is 6.08 Å². The number of carbonyl (C=O) groups excluding carboxylic acids is 2. The lowest BCUT2D eigenvalue weighted by molar-refractivity contribution is -0.279. The summed E-state index contributed by atoms with van der Waals surface area (Å²) < 4.78 is 47.4. The number of hydrogen-bond donors (Lipinski definition) is 3. The number of amides is 2. The summed E-state index contributed by atoms with van der Waals surface area (Å²) in [4.78, 5) is 25.2. The maximum Gasteiger partial charge on any atom is 0.437 e. The van der Waals surface area contributed by atoms with Crippen molar-refractivity contribution in [1.82, 2.24) is 10.6 Å². The van der Waals surface area contributed by atoms with Crippen LogP contribution in [-0.4, -0.2) is 28.8 Å². The molecule has 2 heterocycles.